The van der Waals surface area contributed by atoms with Crippen LogP contribution in [0, 0.1) is 0 Å². The maximum Gasteiger partial charge on any atom is 0.119 e. The summed E-state index contributed by atoms with van der Waals surface area (Å²) in [4.78, 5) is 0. The maximum absolute atomic E-state index is 5.54. The summed E-state index contributed by atoms with van der Waals surface area (Å²) in [7, 11) is 1.72. The molecule has 0 fully saturated rings. The molecule has 17 heavy (non-hydrogen) atoms. The Balaban J connectivity index is 2.20. The van der Waals surface area contributed by atoms with Gasteiger partial charge in [0.15, 0.2) is 0 Å². The van der Waals surface area contributed by atoms with Crippen molar-refractivity contribution in [3.63, 3.8) is 0 Å². The summed E-state index contributed by atoms with van der Waals surface area (Å²) in [5, 5.41) is 3.33. The van der Waals surface area contributed by atoms with Crippen LogP contribution < -0.4 is 10.1 Å². The van der Waals surface area contributed by atoms with E-state index < -0.39 is 0 Å². The molecule has 3 nitrogen and oxygen atoms in total. The first kappa shape index (κ1) is 14.0. The van der Waals surface area contributed by atoms with E-state index in [1.807, 2.05) is 12.1 Å². The Labute approximate surface area is 104 Å². The second-order valence-electron chi connectivity index (χ2n) is 3.99. The van der Waals surface area contributed by atoms with Gasteiger partial charge in [-0.15, -0.1) is 0 Å². The fourth-order valence-corrected chi connectivity index (χ4v) is 1.50. The fraction of sp³-hybridized carbons (Fsp3) is 0.571. The van der Waals surface area contributed by atoms with Gasteiger partial charge in [0.05, 0.1) is 13.2 Å². The average Bonchev–Trinajstić information content (AvgIpc) is 2.37. The van der Waals surface area contributed by atoms with Gasteiger partial charge in [0, 0.05) is 13.7 Å². The van der Waals surface area contributed by atoms with Crippen molar-refractivity contribution in [2.75, 3.05) is 33.4 Å². The molecule has 0 bridgehead atoms. The Morgan fingerprint density at radius 3 is 2.47 bits per heavy atom. The van der Waals surface area contributed by atoms with Crippen molar-refractivity contribution in [2.45, 2.75) is 19.8 Å². The van der Waals surface area contributed by atoms with Crippen LogP contribution >= 0.6 is 0 Å². The van der Waals surface area contributed by atoms with Crippen molar-refractivity contribution in [1.82, 2.24) is 5.32 Å². The molecule has 1 aromatic rings. The number of methoxy groups -OCH3 is 1. The molecule has 0 amide bonds. The van der Waals surface area contributed by atoms with Crippen molar-refractivity contribution in [3.05, 3.63) is 29.8 Å². The monoisotopic (exact) mass is 237 g/mol. The zero-order chi connectivity index (χ0) is 12.3. The molecule has 0 spiro atoms. The van der Waals surface area contributed by atoms with Crippen LogP contribution in [0.4, 0.5) is 0 Å². The lowest BCUT2D eigenvalue weighted by atomic mass is 10.1. The van der Waals surface area contributed by atoms with Crippen LogP contribution in [0.2, 0.25) is 0 Å². The average molecular weight is 237 g/mol. The summed E-state index contributed by atoms with van der Waals surface area (Å²) >= 11 is 0. The largest absolute Gasteiger partial charge is 0.494 e. The van der Waals surface area contributed by atoms with Crippen molar-refractivity contribution in [3.8, 4) is 5.75 Å². The Hall–Kier alpha value is -1.06. The smallest absolute Gasteiger partial charge is 0.119 e. The number of hydrogen-bond donors (Lipinski definition) is 1. The highest BCUT2D eigenvalue weighted by Gasteiger charge is 1.95. The van der Waals surface area contributed by atoms with Crippen molar-refractivity contribution < 1.29 is 9.47 Å². The quantitative estimate of drug-likeness (QED) is 0.668. The molecule has 3 heteroatoms. The highest BCUT2D eigenvalue weighted by Crippen LogP contribution is 2.12. The molecule has 0 unspecified atom stereocenters. The minimum absolute atomic E-state index is 0.768. The highest BCUT2D eigenvalue weighted by molar-refractivity contribution is 5.27. The van der Waals surface area contributed by atoms with E-state index in [0.29, 0.717) is 0 Å². The van der Waals surface area contributed by atoms with Gasteiger partial charge < -0.3 is 14.8 Å². The van der Waals surface area contributed by atoms with Gasteiger partial charge in [0.2, 0.25) is 0 Å². The topological polar surface area (TPSA) is 30.5 Å². The summed E-state index contributed by atoms with van der Waals surface area (Å²) < 4.78 is 10.5. The van der Waals surface area contributed by atoms with Gasteiger partial charge in [-0.1, -0.05) is 19.1 Å². The number of hydrogen-bond acceptors (Lipinski definition) is 3. The molecule has 0 atom stereocenters. The molecule has 0 saturated carbocycles. The van der Waals surface area contributed by atoms with Crippen LogP contribution in [0.15, 0.2) is 24.3 Å². The lowest BCUT2D eigenvalue weighted by Gasteiger charge is -2.07. The predicted molar refractivity (Wildman–Crippen MR) is 70.7 cm³/mol. The maximum atomic E-state index is 5.54. The molecule has 1 N–H and O–H groups in total. The van der Waals surface area contributed by atoms with Gasteiger partial charge >= 0.3 is 0 Å². The Morgan fingerprint density at radius 1 is 1.06 bits per heavy atom. The Morgan fingerprint density at radius 2 is 1.82 bits per heavy atom. The molecular formula is C14H23NO2. The van der Waals surface area contributed by atoms with Gasteiger partial charge in [-0.2, -0.15) is 0 Å². The van der Waals surface area contributed by atoms with E-state index >= 15 is 0 Å². The minimum atomic E-state index is 0.768. The third-order valence-electron chi connectivity index (χ3n) is 2.47. The predicted octanol–water partition coefficient (Wildman–Crippen LogP) is 2.25. The normalized spacial score (nSPS) is 10.5. The van der Waals surface area contributed by atoms with E-state index in [-0.39, 0.29) is 0 Å². The van der Waals surface area contributed by atoms with Gasteiger partial charge in [-0.05, 0) is 37.1 Å². The molecule has 0 aliphatic heterocycles. The molecule has 0 aromatic heterocycles. The molecule has 0 aliphatic rings. The van der Waals surface area contributed by atoms with Crippen molar-refractivity contribution >= 4 is 0 Å². The molecule has 0 saturated heterocycles. The standard InChI is InChI=1S/C14H23NO2/c1-3-11-17-14-6-4-13(5-7-14)8-9-15-10-12-16-2/h4-7,15H,3,8-12H2,1-2H3. The van der Waals surface area contributed by atoms with E-state index in [2.05, 4.69) is 24.4 Å². The summed E-state index contributed by atoms with van der Waals surface area (Å²) in [5.74, 6) is 0.961. The SMILES string of the molecule is CCCOc1ccc(CCNCCOC)cc1. The zero-order valence-corrected chi connectivity index (χ0v) is 10.9. The van der Waals surface area contributed by atoms with E-state index in [4.69, 9.17) is 9.47 Å². The Kier molecular flexibility index (Phi) is 7.43. The van der Waals surface area contributed by atoms with E-state index in [1.165, 1.54) is 5.56 Å². The van der Waals surface area contributed by atoms with E-state index in [0.717, 1.165) is 44.9 Å². The van der Waals surface area contributed by atoms with Crippen LogP contribution in [-0.2, 0) is 11.2 Å². The number of rotatable bonds is 9. The van der Waals surface area contributed by atoms with Gasteiger partial charge in [-0.3, -0.25) is 0 Å². The van der Waals surface area contributed by atoms with Crippen LogP contribution in [0.5, 0.6) is 5.75 Å². The van der Waals surface area contributed by atoms with Gasteiger partial charge in [0.1, 0.15) is 5.75 Å². The molecular weight excluding hydrogens is 214 g/mol. The van der Waals surface area contributed by atoms with Crippen molar-refractivity contribution in [2.24, 2.45) is 0 Å². The second-order valence-corrected chi connectivity index (χ2v) is 3.99. The van der Waals surface area contributed by atoms with Crippen LogP contribution in [-0.4, -0.2) is 33.4 Å². The summed E-state index contributed by atoms with van der Waals surface area (Å²) in [6.07, 6.45) is 2.09. The van der Waals surface area contributed by atoms with Crippen LogP contribution in [0.25, 0.3) is 0 Å². The molecule has 0 aliphatic carbocycles. The lowest BCUT2D eigenvalue weighted by molar-refractivity contribution is 0.199. The number of benzene rings is 1. The van der Waals surface area contributed by atoms with E-state index in [1.54, 1.807) is 7.11 Å². The summed E-state index contributed by atoms with van der Waals surface area (Å²) in [6.45, 7) is 5.56. The summed E-state index contributed by atoms with van der Waals surface area (Å²) in [6, 6.07) is 8.34. The first-order valence-electron chi connectivity index (χ1n) is 6.28. The zero-order valence-electron chi connectivity index (χ0n) is 10.9. The Bertz CT molecular complexity index is 285. The van der Waals surface area contributed by atoms with Crippen LogP contribution in [0.3, 0.4) is 0 Å². The minimum Gasteiger partial charge on any atom is -0.494 e. The highest BCUT2D eigenvalue weighted by atomic mass is 16.5. The number of nitrogens with one attached hydrogen (secondary N) is 1. The van der Waals surface area contributed by atoms with Gasteiger partial charge in [-0.25, -0.2) is 0 Å². The number of ether oxygens (including phenoxy) is 2. The first-order valence-corrected chi connectivity index (χ1v) is 6.28. The first-order chi connectivity index (χ1) is 8.36. The molecule has 0 radical (unpaired) electrons. The van der Waals surface area contributed by atoms with Crippen LogP contribution in [0.1, 0.15) is 18.9 Å². The lowest BCUT2D eigenvalue weighted by Crippen LogP contribution is -2.21. The summed E-state index contributed by atoms with van der Waals surface area (Å²) in [5.41, 5.74) is 1.33. The molecule has 1 aromatic carbocycles. The van der Waals surface area contributed by atoms with Crippen molar-refractivity contribution in [1.29, 1.82) is 0 Å². The second kappa shape index (κ2) is 9.02. The molecule has 0 heterocycles. The molecule has 1 rings (SSSR count). The third kappa shape index (κ3) is 6.29. The fourth-order valence-electron chi connectivity index (χ4n) is 1.50. The van der Waals surface area contributed by atoms with E-state index in [9.17, 15) is 0 Å². The third-order valence-corrected chi connectivity index (χ3v) is 2.47. The van der Waals surface area contributed by atoms with Gasteiger partial charge in [0.25, 0.3) is 0 Å². The molecule has 96 valence electrons.